The van der Waals surface area contributed by atoms with E-state index in [9.17, 15) is 8.42 Å². The molecule has 1 fully saturated rings. The minimum Gasteiger partial charge on any atom is -0.395 e. The Labute approximate surface area is 89.6 Å². The highest BCUT2D eigenvalue weighted by molar-refractivity contribution is 7.89. The zero-order valence-corrected chi connectivity index (χ0v) is 9.55. The van der Waals surface area contributed by atoms with Gasteiger partial charge in [0.1, 0.15) is 5.60 Å². The van der Waals surface area contributed by atoms with Crippen molar-refractivity contribution < 1.29 is 23.0 Å². The van der Waals surface area contributed by atoms with Crippen LogP contribution in [0.5, 0.6) is 0 Å². The zero-order valence-electron chi connectivity index (χ0n) is 8.73. The number of ether oxygens (including phenoxy) is 2. The van der Waals surface area contributed by atoms with Crippen LogP contribution >= 0.6 is 0 Å². The maximum Gasteiger partial charge on any atom is 0.213 e. The van der Waals surface area contributed by atoms with E-state index in [0.29, 0.717) is 19.6 Å². The molecule has 0 aromatic carbocycles. The lowest BCUT2D eigenvalue weighted by Crippen LogP contribution is -2.45. The predicted octanol–water partition coefficient (Wildman–Crippen LogP) is -1.30. The first-order chi connectivity index (χ1) is 7.04. The summed E-state index contributed by atoms with van der Waals surface area (Å²) in [7, 11) is -1.87. The van der Waals surface area contributed by atoms with Crippen molar-refractivity contribution in [3.05, 3.63) is 0 Å². The molecule has 7 heteroatoms. The van der Waals surface area contributed by atoms with Crippen LogP contribution in [0.25, 0.3) is 0 Å². The standard InChI is InChI=1S/C8H17NO5S/c1-13-8(2-4-14-7-8)6-9-15(11,12)5-3-10/h9-10H,2-7H2,1H3. The van der Waals surface area contributed by atoms with Crippen molar-refractivity contribution >= 4 is 10.0 Å². The average molecular weight is 239 g/mol. The van der Waals surface area contributed by atoms with Gasteiger partial charge in [-0.3, -0.25) is 0 Å². The van der Waals surface area contributed by atoms with E-state index in [2.05, 4.69) is 4.72 Å². The molecule has 90 valence electrons. The van der Waals surface area contributed by atoms with E-state index in [0.717, 1.165) is 0 Å². The van der Waals surface area contributed by atoms with Crippen LogP contribution in [0.2, 0.25) is 0 Å². The molecule has 0 aliphatic carbocycles. The number of sulfonamides is 1. The minimum atomic E-state index is -3.40. The van der Waals surface area contributed by atoms with Gasteiger partial charge in [0, 0.05) is 26.7 Å². The summed E-state index contributed by atoms with van der Waals surface area (Å²) >= 11 is 0. The van der Waals surface area contributed by atoms with Gasteiger partial charge in [-0.25, -0.2) is 13.1 Å². The van der Waals surface area contributed by atoms with Crippen LogP contribution in [0.3, 0.4) is 0 Å². The average Bonchev–Trinajstić information content (AvgIpc) is 2.64. The molecule has 2 N–H and O–H groups in total. The lowest BCUT2D eigenvalue weighted by molar-refractivity contribution is -0.0120. The van der Waals surface area contributed by atoms with Crippen molar-refractivity contribution in [1.29, 1.82) is 0 Å². The van der Waals surface area contributed by atoms with Crippen molar-refractivity contribution in [2.24, 2.45) is 0 Å². The second-order valence-electron chi connectivity index (χ2n) is 3.55. The van der Waals surface area contributed by atoms with Gasteiger partial charge in [-0.1, -0.05) is 0 Å². The predicted molar refractivity (Wildman–Crippen MR) is 54.1 cm³/mol. The summed E-state index contributed by atoms with van der Waals surface area (Å²) < 4.78 is 35.4. The van der Waals surface area contributed by atoms with Crippen LogP contribution in [0.1, 0.15) is 6.42 Å². The number of methoxy groups -OCH3 is 1. The quantitative estimate of drug-likeness (QED) is 0.602. The van der Waals surface area contributed by atoms with Crippen molar-refractivity contribution in [2.75, 3.05) is 39.2 Å². The van der Waals surface area contributed by atoms with Crippen molar-refractivity contribution in [1.82, 2.24) is 4.72 Å². The first kappa shape index (κ1) is 12.9. The Bertz CT molecular complexity index is 283. The molecule has 1 atom stereocenters. The van der Waals surface area contributed by atoms with Crippen LogP contribution in [-0.2, 0) is 19.5 Å². The maximum absolute atomic E-state index is 11.3. The largest absolute Gasteiger partial charge is 0.395 e. The Morgan fingerprint density at radius 3 is 2.80 bits per heavy atom. The first-order valence-electron chi connectivity index (χ1n) is 4.75. The Morgan fingerprint density at radius 1 is 1.60 bits per heavy atom. The molecule has 1 saturated heterocycles. The number of nitrogens with one attached hydrogen (secondary N) is 1. The maximum atomic E-state index is 11.3. The number of hydrogen-bond acceptors (Lipinski definition) is 5. The summed E-state index contributed by atoms with van der Waals surface area (Å²) in [5, 5.41) is 8.54. The number of hydrogen-bond donors (Lipinski definition) is 2. The minimum absolute atomic E-state index is 0.186. The highest BCUT2D eigenvalue weighted by atomic mass is 32.2. The van der Waals surface area contributed by atoms with E-state index in [1.807, 2.05) is 0 Å². The number of aliphatic hydroxyl groups excluding tert-OH is 1. The third-order valence-corrected chi connectivity index (χ3v) is 3.78. The fourth-order valence-electron chi connectivity index (χ4n) is 1.39. The van der Waals surface area contributed by atoms with Crippen LogP contribution < -0.4 is 4.72 Å². The van der Waals surface area contributed by atoms with Gasteiger partial charge in [0.15, 0.2) is 0 Å². The Kier molecular flexibility index (Phi) is 4.47. The van der Waals surface area contributed by atoms with Crippen LogP contribution in [0.15, 0.2) is 0 Å². The first-order valence-corrected chi connectivity index (χ1v) is 6.40. The summed E-state index contributed by atoms with van der Waals surface area (Å²) in [6, 6.07) is 0. The number of rotatable bonds is 6. The summed E-state index contributed by atoms with van der Waals surface area (Å²) in [6.07, 6.45) is 0.672. The topological polar surface area (TPSA) is 84.9 Å². The molecular formula is C8H17NO5S. The Morgan fingerprint density at radius 2 is 2.33 bits per heavy atom. The third kappa shape index (κ3) is 3.69. The SMILES string of the molecule is COC1(CNS(=O)(=O)CCO)CCOC1. The summed E-state index contributed by atoms with van der Waals surface area (Å²) in [6.45, 7) is 0.776. The molecule has 0 amide bonds. The van der Waals surface area contributed by atoms with Crippen molar-refractivity contribution in [3.63, 3.8) is 0 Å². The Hall–Kier alpha value is -0.210. The summed E-state index contributed by atoms with van der Waals surface area (Å²) in [4.78, 5) is 0. The molecule has 1 aliphatic rings. The highest BCUT2D eigenvalue weighted by Crippen LogP contribution is 2.21. The van der Waals surface area contributed by atoms with Crippen LogP contribution in [0, 0.1) is 0 Å². The summed E-state index contributed by atoms with van der Waals surface area (Å²) in [5.74, 6) is -0.284. The highest BCUT2D eigenvalue weighted by Gasteiger charge is 2.35. The molecule has 0 aromatic rings. The molecular weight excluding hydrogens is 222 g/mol. The van der Waals surface area contributed by atoms with Crippen molar-refractivity contribution in [2.45, 2.75) is 12.0 Å². The molecule has 15 heavy (non-hydrogen) atoms. The molecule has 0 spiro atoms. The van der Waals surface area contributed by atoms with Gasteiger partial charge in [0.2, 0.25) is 10.0 Å². The van der Waals surface area contributed by atoms with E-state index in [-0.39, 0.29) is 18.9 Å². The van der Waals surface area contributed by atoms with Gasteiger partial charge in [-0.2, -0.15) is 0 Å². The molecule has 1 aliphatic heterocycles. The van der Waals surface area contributed by atoms with E-state index >= 15 is 0 Å². The third-order valence-electron chi connectivity index (χ3n) is 2.47. The number of aliphatic hydroxyl groups is 1. The lowest BCUT2D eigenvalue weighted by atomic mass is 10.0. The zero-order chi connectivity index (χ0) is 11.4. The van der Waals surface area contributed by atoms with E-state index in [4.69, 9.17) is 14.6 Å². The monoisotopic (exact) mass is 239 g/mol. The smallest absolute Gasteiger partial charge is 0.213 e. The summed E-state index contributed by atoms with van der Waals surface area (Å²) in [5.41, 5.74) is -0.553. The van der Waals surface area contributed by atoms with Crippen LogP contribution in [-0.4, -0.2) is 58.4 Å². The van der Waals surface area contributed by atoms with E-state index in [1.54, 1.807) is 0 Å². The van der Waals surface area contributed by atoms with Gasteiger partial charge >= 0.3 is 0 Å². The molecule has 0 saturated carbocycles. The van der Waals surface area contributed by atoms with Crippen LogP contribution in [0.4, 0.5) is 0 Å². The molecule has 0 bridgehead atoms. The van der Waals surface area contributed by atoms with Crippen molar-refractivity contribution in [3.8, 4) is 0 Å². The molecule has 6 nitrogen and oxygen atoms in total. The van der Waals surface area contributed by atoms with E-state index < -0.39 is 15.6 Å². The second kappa shape index (κ2) is 5.22. The van der Waals surface area contributed by atoms with E-state index in [1.165, 1.54) is 7.11 Å². The molecule has 1 unspecified atom stereocenters. The van der Waals surface area contributed by atoms with Gasteiger partial charge in [0.25, 0.3) is 0 Å². The Balaban J connectivity index is 2.47. The molecule has 1 heterocycles. The molecule has 0 aromatic heterocycles. The van der Waals surface area contributed by atoms with Gasteiger partial charge in [-0.05, 0) is 0 Å². The normalized spacial score (nSPS) is 27.1. The van der Waals surface area contributed by atoms with Gasteiger partial charge < -0.3 is 14.6 Å². The van der Waals surface area contributed by atoms with Gasteiger partial charge in [0.05, 0.1) is 19.0 Å². The fraction of sp³-hybridized carbons (Fsp3) is 1.00. The lowest BCUT2D eigenvalue weighted by Gasteiger charge is -2.25. The molecule has 1 rings (SSSR count). The fourth-order valence-corrected chi connectivity index (χ4v) is 2.26. The van der Waals surface area contributed by atoms with Gasteiger partial charge in [-0.15, -0.1) is 0 Å². The molecule has 0 radical (unpaired) electrons. The second-order valence-corrected chi connectivity index (χ2v) is 5.48.